The minimum atomic E-state index is -4.76. The molecule has 0 aliphatic rings. The van der Waals surface area contributed by atoms with Gasteiger partial charge in [-0.1, -0.05) is 6.92 Å². The summed E-state index contributed by atoms with van der Waals surface area (Å²) >= 11 is 0. The van der Waals surface area contributed by atoms with E-state index in [1.807, 2.05) is 0 Å². The molecule has 0 spiro atoms. The highest BCUT2D eigenvalue weighted by molar-refractivity contribution is 5.88. The highest BCUT2D eigenvalue weighted by atomic mass is 19.3. The lowest BCUT2D eigenvalue weighted by Crippen LogP contribution is -2.50. The molecule has 0 saturated heterocycles. The lowest BCUT2D eigenvalue weighted by Gasteiger charge is -2.25. The van der Waals surface area contributed by atoms with Crippen LogP contribution in [0.15, 0.2) is 0 Å². The number of nitrogens with one attached hydrogen (secondary N) is 1. The first-order valence-corrected chi connectivity index (χ1v) is 4.93. The zero-order chi connectivity index (χ0) is 13.6. The van der Waals surface area contributed by atoms with Gasteiger partial charge in [0.15, 0.2) is 0 Å². The molecule has 1 N–H and O–H groups in total. The van der Waals surface area contributed by atoms with Crippen molar-refractivity contribution in [3.8, 4) is 0 Å². The Morgan fingerprint density at radius 2 is 1.88 bits per heavy atom. The van der Waals surface area contributed by atoms with E-state index in [0.717, 1.165) is 0 Å². The summed E-state index contributed by atoms with van der Waals surface area (Å²) in [6.07, 6.45) is -3.80. The maximum absolute atomic E-state index is 12.8. The molecule has 0 aliphatic heterocycles. The monoisotopic (exact) mass is 258 g/mol. The van der Waals surface area contributed by atoms with Gasteiger partial charge in [0.1, 0.15) is 0 Å². The topological polar surface area (TPSA) is 49.4 Å². The SMILES string of the molecule is CCCN(CC(=O)NC)C(=O)C(F)(F)C(F)F. The third-order valence-electron chi connectivity index (χ3n) is 1.95. The normalized spacial score (nSPS) is 11.5. The minimum Gasteiger partial charge on any atom is -0.358 e. The van der Waals surface area contributed by atoms with Gasteiger partial charge in [-0.15, -0.1) is 0 Å². The number of hydrogen-bond acceptors (Lipinski definition) is 2. The lowest BCUT2D eigenvalue weighted by molar-refractivity contribution is -0.181. The van der Waals surface area contributed by atoms with E-state index in [-0.39, 0.29) is 13.0 Å². The maximum atomic E-state index is 12.8. The molecule has 0 fully saturated rings. The molecule has 0 radical (unpaired) electrons. The maximum Gasteiger partial charge on any atom is 0.383 e. The van der Waals surface area contributed by atoms with Crippen molar-refractivity contribution in [1.82, 2.24) is 10.2 Å². The predicted molar refractivity (Wildman–Crippen MR) is 51.9 cm³/mol. The summed E-state index contributed by atoms with van der Waals surface area (Å²) < 4.78 is 49.6. The number of nitrogens with zero attached hydrogens (tertiary/aromatic N) is 1. The second-order valence-corrected chi connectivity index (χ2v) is 3.32. The van der Waals surface area contributed by atoms with Gasteiger partial charge in [-0.2, -0.15) is 8.78 Å². The Labute approximate surface area is 96.0 Å². The van der Waals surface area contributed by atoms with Crippen LogP contribution in [0.25, 0.3) is 0 Å². The van der Waals surface area contributed by atoms with Gasteiger partial charge in [0.05, 0.1) is 6.54 Å². The average molecular weight is 258 g/mol. The Morgan fingerprint density at radius 3 is 2.24 bits per heavy atom. The van der Waals surface area contributed by atoms with E-state index in [2.05, 4.69) is 5.32 Å². The molecule has 0 unspecified atom stereocenters. The van der Waals surface area contributed by atoms with Crippen LogP contribution in [-0.2, 0) is 9.59 Å². The number of rotatable bonds is 6. The van der Waals surface area contributed by atoms with E-state index in [4.69, 9.17) is 0 Å². The number of halogens is 4. The molecule has 0 aromatic rings. The van der Waals surface area contributed by atoms with E-state index < -0.39 is 30.7 Å². The quantitative estimate of drug-likeness (QED) is 0.719. The molecule has 0 aromatic heterocycles. The predicted octanol–water partition coefficient (Wildman–Crippen LogP) is 0.871. The number of hydrogen-bond donors (Lipinski definition) is 1. The summed E-state index contributed by atoms with van der Waals surface area (Å²) in [6, 6.07) is 0. The van der Waals surface area contributed by atoms with Crippen LogP contribution in [0.2, 0.25) is 0 Å². The van der Waals surface area contributed by atoms with Crippen molar-refractivity contribution in [1.29, 1.82) is 0 Å². The fourth-order valence-corrected chi connectivity index (χ4v) is 1.08. The summed E-state index contributed by atoms with van der Waals surface area (Å²) in [6.45, 7) is 0.727. The zero-order valence-electron chi connectivity index (χ0n) is 9.47. The van der Waals surface area contributed by atoms with Crippen LogP contribution in [0.1, 0.15) is 13.3 Å². The fraction of sp³-hybridized carbons (Fsp3) is 0.778. The number of likely N-dealkylation sites (N-methyl/N-ethyl adjacent to an activating group) is 1. The van der Waals surface area contributed by atoms with Crippen LogP contribution < -0.4 is 5.32 Å². The molecular weight excluding hydrogens is 244 g/mol. The van der Waals surface area contributed by atoms with Crippen molar-refractivity contribution in [3.63, 3.8) is 0 Å². The summed E-state index contributed by atoms with van der Waals surface area (Å²) in [5, 5.41) is 2.12. The van der Waals surface area contributed by atoms with Crippen LogP contribution in [0.3, 0.4) is 0 Å². The first kappa shape index (κ1) is 15.7. The molecule has 0 aliphatic carbocycles. The number of alkyl halides is 4. The smallest absolute Gasteiger partial charge is 0.358 e. The minimum absolute atomic E-state index is 0.186. The first-order valence-electron chi connectivity index (χ1n) is 4.93. The van der Waals surface area contributed by atoms with E-state index in [9.17, 15) is 27.2 Å². The van der Waals surface area contributed by atoms with Crippen molar-refractivity contribution in [2.24, 2.45) is 0 Å². The van der Waals surface area contributed by atoms with Crippen molar-refractivity contribution >= 4 is 11.8 Å². The molecule has 4 nitrogen and oxygen atoms in total. The van der Waals surface area contributed by atoms with Gasteiger partial charge in [-0.05, 0) is 6.42 Å². The van der Waals surface area contributed by atoms with Gasteiger partial charge >= 0.3 is 12.3 Å². The highest BCUT2D eigenvalue weighted by Gasteiger charge is 2.51. The Kier molecular flexibility index (Phi) is 5.90. The molecular formula is C9H14F4N2O2. The van der Waals surface area contributed by atoms with Crippen LogP contribution in [0, 0.1) is 0 Å². The Hall–Kier alpha value is -1.34. The van der Waals surface area contributed by atoms with Crippen molar-refractivity contribution in [3.05, 3.63) is 0 Å². The fourth-order valence-electron chi connectivity index (χ4n) is 1.08. The zero-order valence-corrected chi connectivity index (χ0v) is 9.47. The Bertz CT molecular complexity index is 284. The van der Waals surface area contributed by atoms with Crippen LogP contribution in [-0.4, -0.2) is 49.2 Å². The van der Waals surface area contributed by atoms with Crippen molar-refractivity contribution in [2.75, 3.05) is 20.1 Å². The van der Waals surface area contributed by atoms with E-state index in [1.54, 1.807) is 6.92 Å². The number of amides is 2. The second-order valence-electron chi connectivity index (χ2n) is 3.32. The molecule has 0 bridgehead atoms. The summed E-state index contributed by atoms with van der Waals surface area (Å²) in [5.41, 5.74) is 0. The van der Waals surface area contributed by atoms with Crippen LogP contribution in [0.4, 0.5) is 17.6 Å². The lowest BCUT2D eigenvalue weighted by atomic mass is 10.2. The molecule has 0 heterocycles. The summed E-state index contributed by atoms with van der Waals surface area (Å²) in [7, 11) is 1.25. The number of carbonyl (C=O) groups is 2. The molecule has 2 amide bonds. The third kappa shape index (κ3) is 4.20. The van der Waals surface area contributed by atoms with Gasteiger partial charge in [-0.3, -0.25) is 9.59 Å². The van der Waals surface area contributed by atoms with Gasteiger partial charge in [0.25, 0.3) is 5.91 Å². The van der Waals surface area contributed by atoms with Gasteiger partial charge in [0, 0.05) is 13.6 Å². The van der Waals surface area contributed by atoms with Crippen molar-refractivity contribution < 1.29 is 27.2 Å². The summed E-state index contributed by atoms with van der Waals surface area (Å²) in [4.78, 5) is 22.5. The van der Waals surface area contributed by atoms with E-state index >= 15 is 0 Å². The molecule has 100 valence electrons. The number of carbonyl (C=O) groups excluding carboxylic acids is 2. The van der Waals surface area contributed by atoms with E-state index in [0.29, 0.717) is 4.90 Å². The molecule has 0 atom stereocenters. The van der Waals surface area contributed by atoms with Crippen LogP contribution >= 0.6 is 0 Å². The van der Waals surface area contributed by atoms with E-state index in [1.165, 1.54) is 7.05 Å². The Morgan fingerprint density at radius 1 is 1.35 bits per heavy atom. The Balaban J connectivity index is 4.81. The summed E-state index contributed by atoms with van der Waals surface area (Å²) in [5.74, 6) is -7.49. The highest BCUT2D eigenvalue weighted by Crippen LogP contribution is 2.25. The van der Waals surface area contributed by atoms with Crippen molar-refractivity contribution in [2.45, 2.75) is 25.7 Å². The second kappa shape index (κ2) is 6.41. The third-order valence-corrected chi connectivity index (χ3v) is 1.95. The molecule has 0 saturated carbocycles. The van der Waals surface area contributed by atoms with Gasteiger partial charge < -0.3 is 10.2 Å². The average Bonchev–Trinajstić information content (AvgIpc) is 2.26. The molecule has 17 heavy (non-hydrogen) atoms. The standard InChI is InChI=1S/C9H14F4N2O2/c1-3-4-15(5-6(16)14-2)8(17)9(12,13)7(10)11/h7H,3-5H2,1-2H3,(H,14,16). The van der Waals surface area contributed by atoms with Gasteiger partial charge in [0.2, 0.25) is 5.91 Å². The molecule has 0 rings (SSSR count). The molecule has 8 heteroatoms. The largest absolute Gasteiger partial charge is 0.383 e. The molecule has 0 aromatic carbocycles. The van der Waals surface area contributed by atoms with Crippen LogP contribution in [0.5, 0.6) is 0 Å². The first-order chi connectivity index (χ1) is 7.77. The van der Waals surface area contributed by atoms with Gasteiger partial charge in [-0.25, -0.2) is 8.78 Å².